The second-order valence-electron chi connectivity index (χ2n) is 6.49. The minimum absolute atomic E-state index is 0.145. The molecule has 0 spiro atoms. The van der Waals surface area contributed by atoms with Crippen LogP contribution in [0.3, 0.4) is 0 Å². The van der Waals surface area contributed by atoms with E-state index in [1.807, 2.05) is 30.3 Å². The van der Waals surface area contributed by atoms with Crippen molar-refractivity contribution in [1.29, 1.82) is 0 Å². The summed E-state index contributed by atoms with van der Waals surface area (Å²) in [6, 6.07) is 22.9. The maximum atomic E-state index is 12.6. The van der Waals surface area contributed by atoms with Crippen LogP contribution in [0.4, 0.5) is 5.69 Å². The molecule has 0 aliphatic heterocycles. The minimum Gasteiger partial charge on any atom is -0.457 e. The molecule has 154 valence electrons. The van der Waals surface area contributed by atoms with Gasteiger partial charge in [-0.15, -0.1) is 6.58 Å². The number of para-hydroxylation sites is 1. The van der Waals surface area contributed by atoms with Crippen molar-refractivity contribution in [3.63, 3.8) is 0 Å². The number of sulfonamides is 1. The third-order valence-corrected chi connectivity index (χ3v) is 5.41. The molecular formula is C23H22N2O4S. The van der Waals surface area contributed by atoms with Crippen LogP contribution in [0.5, 0.6) is 11.5 Å². The molecule has 0 aliphatic rings. The van der Waals surface area contributed by atoms with Crippen molar-refractivity contribution in [2.45, 2.75) is 5.75 Å². The second-order valence-corrected chi connectivity index (χ2v) is 8.30. The van der Waals surface area contributed by atoms with E-state index in [1.54, 1.807) is 48.5 Å². The number of anilines is 1. The first kappa shape index (κ1) is 21.3. The molecule has 7 heteroatoms. The van der Waals surface area contributed by atoms with E-state index in [0.717, 1.165) is 0 Å². The summed E-state index contributed by atoms with van der Waals surface area (Å²) in [5.74, 6) is 0.805. The van der Waals surface area contributed by atoms with E-state index < -0.39 is 10.0 Å². The number of carbonyl (C=O) groups is 1. The van der Waals surface area contributed by atoms with E-state index in [0.29, 0.717) is 28.3 Å². The number of nitrogens with one attached hydrogen (secondary N) is 2. The number of carbonyl (C=O) groups excluding carboxylic acids is 1. The summed E-state index contributed by atoms with van der Waals surface area (Å²) in [6.07, 6.45) is 1.48. The van der Waals surface area contributed by atoms with E-state index >= 15 is 0 Å². The molecule has 3 rings (SSSR count). The molecule has 2 N–H and O–H groups in total. The van der Waals surface area contributed by atoms with Crippen LogP contribution in [0, 0.1) is 0 Å². The van der Waals surface area contributed by atoms with Crippen LogP contribution in [0.2, 0.25) is 0 Å². The quantitative estimate of drug-likeness (QED) is 0.503. The molecule has 3 aromatic carbocycles. The third kappa shape index (κ3) is 6.30. The van der Waals surface area contributed by atoms with Gasteiger partial charge in [0, 0.05) is 17.8 Å². The zero-order valence-electron chi connectivity index (χ0n) is 16.2. The lowest BCUT2D eigenvalue weighted by Crippen LogP contribution is -2.25. The maximum Gasteiger partial charge on any atom is 0.255 e. The van der Waals surface area contributed by atoms with Crippen molar-refractivity contribution in [1.82, 2.24) is 4.72 Å². The van der Waals surface area contributed by atoms with Crippen molar-refractivity contribution in [2.75, 3.05) is 11.9 Å². The topological polar surface area (TPSA) is 84.5 Å². The summed E-state index contributed by atoms with van der Waals surface area (Å²) in [4.78, 5) is 12.6. The first-order valence-corrected chi connectivity index (χ1v) is 10.9. The Labute approximate surface area is 176 Å². The Morgan fingerprint density at radius 1 is 0.933 bits per heavy atom. The van der Waals surface area contributed by atoms with Crippen LogP contribution in [0.15, 0.2) is 91.5 Å². The average Bonchev–Trinajstić information content (AvgIpc) is 2.74. The molecule has 0 heterocycles. The highest BCUT2D eigenvalue weighted by atomic mass is 32.2. The highest BCUT2D eigenvalue weighted by molar-refractivity contribution is 7.88. The van der Waals surface area contributed by atoms with Crippen molar-refractivity contribution >= 4 is 21.6 Å². The fraction of sp³-hybridized carbons (Fsp3) is 0.0870. The molecular weight excluding hydrogens is 400 g/mol. The summed E-state index contributed by atoms with van der Waals surface area (Å²) in [6.45, 7) is 3.67. The van der Waals surface area contributed by atoms with E-state index in [9.17, 15) is 13.2 Å². The Hall–Kier alpha value is -3.42. The van der Waals surface area contributed by atoms with Gasteiger partial charge >= 0.3 is 0 Å². The fourth-order valence-corrected chi connectivity index (χ4v) is 3.77. The number of rotatable bonds is 9. The van der Waals surface area contributed by atoms with Gasteiger partial charge in [-0.2, -0.15) is 0 Å². The summed E-state index contributed by atoms with van der Waals surface area (Å²) in [5, 5.41) is 2.80. The van der Waals surface area contributed by atoms with E-state index in [4.69, 9.17) is 4.74 Å². The number of hydrogen-bond acceptors (Lipinski definition) is 4. The zero-order chi connectivity index (χ0) is 21.4. The van der Waals surface area contributed by atoms with E-state index in [-0.39, 0.29) is 18.2 Å². The smallest absolute Gasteiger partial charge is 0.255 e. The average molecular weight is 423 g/mol. The van der Waals surface area contributed by atoms with Gasteiger partial charge < -0.3 is 10.1 Å². The van der Waals surface area contributed by atoms with Crippen LogP contribution in [0.1, 0.15) is 15.9 Å². The van der Waals surface area contributed by atoms with E-state index in [2.05, 4.69) is 16.6 Å². The van der Waals surface area contributed by atoms with E-state index in [1.165, 1.54) is 6.08 Å². The Morgan fingerprint density at radius 2 is 1.63 bits per heavy atom. The lowest BCUT2D eigenvalue weighted by Gasteiger charge is -2.09. The Balaban J connectivity index is 1.63. The molecule has 0 aromatic heterocycles. The molecule has 0 bridgehead atoms. The normalized spacial score (nSPS) is 10.9. The number of ether oxygens (including phenoxy) is 1. The maximum absolute atomic E-state index is 12.6. The number of amides is 1. The van der Waals surface area contributed by atoms with Crippen LogP contribution in [-0.2, 0) is 15.8 Å². The van der Waals surface area contributed by atoms with Crippen LogP contribution >= 0.6 is 0 Å². The molecule has 6 nitrogen and oxygen atoms in total. The molecule has 0 saturated carbocycles. The van der Waals surface area contributed by atoms with Gasteiger partial charge in [-0.1, -0.05) is 42.5 Å². The Bertz CT molecular complexity index is 1110. The lowest BCUT2D eigenvalue weighted by molar-refractivity contribution is 0.102. The molecule has 3 aromatic rings. The molecule has 30 heavy (non-hydrogen) atoms. The molecule has 0 radical (unpaired) electrons. The van der Waals surface area contributed by atoms with Gasteiger partial charge in [0.15, 0.2) is 0 Å². The van der Waals surface area contributed by atoms with Gasteiger partial charge in [-0.05, 0) is 48.0 Å². The molecule has 0 unspecified atom stereocenters. The Kier molecular flexibility index (Phi) is 7.00. The van der Waals surface area contributed by atoms with Gasteiger partial charge in [0.1, 0.15) is 11.5 Å². The SMILES string of the molecule is C=CCNS(=O)(=O)Cc1ccc(NC(=O)c2cccc(Oc3ccccc3)c2)cc1. The largest absolute Gasteiger partial charge is 0.457 e. The number of benzene rings is 3. The monoisotopic (exact) mass is 422 g/mol. The van der Waals surface area contributed by atoms with Crippen molar-refractivity contribution < 1.29 is 17.9 Å². The van der Waals surface area contributed by atoms with Crippen molar-refractivity contribution in [2.24, 2.45) is 0 Å². The Morgan fingerprint density at radius 3 is 2.33 bits per heavy atom. The van der Waals surface area contributed by atoms with Gasteiger partial charge in [-0.25, -0.2) is 13.1 Å². The van der Waals surface area contributed by atoms with Gasteiger partial charge in [0.2, 0.25) is 10.0 Å². The van der Waals surface area contributed by atoms with Gasteiger partial charge in [0.25, 0.3) is 5.91 Å². The highest BCUT2D eigenvalue weighted by Gasteiger charge is 2.11. The molecule has 0 fully saturated rings. The third-order valence-electron chi connectivity index (χ3n) is 4.09. The molecule has 1 amide bonds. The summed E-state index contributed by atoms with van der Waals surface area (Å²) in [5.41, 5.74) is 1.63. The standard InChI is InChI=1S/C23H22N2O4S/c1-2-15-24-30(27,28)17-18-11-13-20(14-12-18)25-23(26)19-7-6-10-22(16-19)29-21-8-4-3-5-9-21/h2-14,16,24H,1,15,17H2,(H,25,26). The summed E-state index contributed by atoms with van der Waals surface area (Å²) in [7, 11) is -3.43. The van der Waals surface area contributed by atoms with Crippen molar-refractivity contribution in [3.8, 4) is 11.5 Å². The van der Waals surface area contributed by atoms with Crippen molar-refractivity contribution in [3.05, 3.63) is 103 Å². The lowest BCUT2D eigenvalue weighted by atomic mass is 10.2. The van der Waals surface area contributed by atoms with Crippen LogP contribution in [0.25, 0.3) is 0 Å². The predicted octanol–water partition coefficient (Wildman–Crippen LogP) is 4.34. The van der Waals surface area contributed by atoms with Crippen LogP contribution in [-0.4, -0.2) is 20.9 Å². The van der Waals surface area contributed by atoms with Gasteiger partial charge in [-0.3, -0.25) is 4.79 Å². The first-order valence-electron chi connectivity index (χ1n) is 9.27. The molecule has 0 atom stereocenters. The van der Waals surface area contributed by atoms with Crippen LogP contribution < -0.4 is 14.8 Å². The fourth-order valence-electron chi connectivity index (χ4n) is 2.67. The minimum atomic E-state index is -3.43. The first-order chi connectivity index (χ1) is 14.4. The summed E-state index contributed by atoms with van der Waals surface area (Å²) < 4.78 is 32.0. The molecule has 0 aliphatic carbocycles. The predicted molar refractivity (Wildman–Crippen MR) is 118 cm³/mol. The highest BCUT2D eigenvalue weighted by Crippen LogP contribution is 2.22. The second kappa shape index (κ2) is 9.87. The molecule has 0 saturated heterocycles. The zero-order valence-corrected chi connectivity index (χ0v) is 17.1. The van der Waals surface area contributed by atoms with Gasteiger partial charge in [0.05, 0.1) is 5.75 Å². The number of hydrogen-bond donors (Lipinski definition) is 2. The summed E-state index contributed by atoms with van der Waals surface area (Å²) >= 11 is 0.